The number of hydrogen-bond acceptors (Lipinski definition) is 14. The molecule has 1 aromatic heterocycles. The van der Waals surface area contributed by atoms with Crippen molar-refractivity contribution in [2.75, 3.05) is 6.61 Å². The lowest BCUT2D eigenvalue weighted by atomic mass is 9.89. The fraction of sp³-hybridized carbons (Fsp3) is 0.444. The third-order valence-corrected chi connectivity index (χ3v) is 7.41. The van der Waals surface area contributed by atoms with E-state index >= 15 is 0 Å². The zero-order valence-corrected chi connectivity index (χ0v) is 21.5. The van der Waals surface area contributed by atoms with Gasteiger partial charge in [0.05, 0.1) is 18.3 Å². The molecule has 9 N–H and O–H groups in total. The normalized spacial score (nSPS) is 34.1. The van der Waals surface area contributed by atoms with Crippen molar-refractivity contribution in [2.24, 2.45) is 0 Å². The number of rotatable bonds is 5. The van der Waals surface area contributed by atoms with E-state index in [0.29, 0.717) is 5.56 Å². The Balaban J connectivity index is 1.52. The molecule has 14 nitrogen and oxygen atoms in total. The minimum absolute atomic E-state index is 0.00992. The molecule has 14 heteroatoms. The summed E-state index contributed by atoms with van der Waals surface area (Å²) in [4.78, 5) is 13.1. The number of phenolic OH excluding ortho intramolecular Hbond substituents is 3. The van der Waals surface area contributed by atoms with Crippen LogP contribution in [0.3, 0.4) is 0 Å². The van der Waals surface area contributed by atoms with Crippen LogP contribution in [0.4, 0.5) is 0 Å². The highest BCUT2D eigenvalue weighted by molar-refractivity contribution is 5.88. The van der Waals surface area contributed by atoms with Crippen LogP contribution in [0.15, 0.2) is 45.6 Å². The zero-order valence-electron chi connectivity index (χ0n) is 21.5. The van der Waals surface area contributed by atoms with Gasteiger partial charge in [0.2, 0.25) is 0 Å². The van der Waals surface area contributed by atoms with E-state index in [1.54, 1.807) is 0 Å². The molecule has 10 atom stereocenters. The molecule has 0 aliphatic carbocycles. The smallest absolute Gasteiger partial charge is 0.197 e. The standard InChI is InChI=1S/C27H30O14/c1-9-19(32)22(35)23(36)27(38-9)41-26-20(33)16(8-28)40-25(24(26)37)18-13(31)7-15-17(21(18)34)12(30)6-14(39-15)10-2-4-11(29)5-3-10/h2-7,9,16,19-20,22-29,31-37H,8H2,1H3. The van der Waals surface area contributed by atoms with Crippen LogP contribution in [-0.4, -0.2) is 108 Å². The summed E-state index contributed by atoms with van der Waals surface area (Å²) < 4.78 is 22.3. The Kier molecular flexibility index (Phi) is 7.95. The summed E-state index contributed by atoms with van der Waals surface area (Å²) in [5.41, 5.74) is -0.973. The number of aliphatic hydroxyl groups excluding tert-OH is 6. The number of phenols is 3. The van der Waals surface area contributed by atoms with E-state index < -0.39 is 90.3 Å². The molecule has 2 aliphatic rings. The number of aliphatic hydroxyl groups is 6. The van der Waals surface area contributed by atoms with Crippen LogP contribution in [0.25, 0.3) is 22.3 Å². The van der Waals surface area contributed by atoms with E-state index in [4.69, 9.17) is 18.6 Å². The van der Waals surface area contributed by atoms with Crippen molar-refractivity contribution in [3.8, 4) is 28.6 Å². The van der Waals surface area contributed by atoms with Crippen LogP contribution in [0.5, 0.6) is 17.2 Å². The van der Waals surface area contributed by atoms with Crippen molar-refractivity contribution in [2.45, 2.75) is 68.1 Å². The highest BCUT2D eigenvalue weighted by atomic mass is 16.7. The maximum absolute atomic E-state index is 13.1. The van der Waals surface area contributed by atoms with E-state index in [1.165, 1.54) is 31.2 Å². The van der Waals surface area contributed by atoms with Crippen molar-refractivity contribution >= 4 is 11.0 Å². The third kappa shape index (κ3) is 5.14. The summed E-state index contributed by atoms with van der Waals surface area (Å²) >= 11 is 0. The van der Waals surface area contributed by atoms with Gasteiger partial charge >= 0.3 is 0 Å². The molecule has 41 heavy (non-hydrogen) atoms. The van der Waals surface area contributed by atoms with Gasteiger partial charge in [-0.05, 0) is 31.2 Å². The molecule has 3 heterocycles. The topological polar surface area (TPSA) is 240 Å². The van der Waals surface area contributed by atoms with Crippen LogP contribution in [0.1, 0.15) is 18.6 Å². The van der Waals surface area contributed by atoms with Gasteiger partial charge in [0.1, 0.15) is 82.8 Å². The van der Waals surface area contributed by atoms with Gasteiger partial charge in [-0.3, -0.25) is 4.79 Å². The average molecular weight is 579 g/mol. The second kappa shape index (κ2) is 11.2. The SMILES string of the molecule is CC1OC(OC2C(O)C(CO)OC(c3c(O)cc4oc(-c5ccc(O)cc5)cc(=O)c4c3O)C2O)C(O)C(O)C1O. The van der Waals surface area contributed by atoms with Gasteiger partial charge < -0.3 is 64.6 Å². The summed E-state index contributed by atoms with van der Waals surface area (Å²) in [5, 5.41) is 93.3. The molecule has 2 fully saturated rings. The number of benzene rings is 2. The minimum Gasteiger partial charge on any atom is -0.508 e. The highest BCUT2D eigenvalue weighted by Crippen LogP contribution is 2.45. The maximum Gasteiger partial charge on any atom is 0.197 e. The van der Waals surface area contributed by atoms with Crippen molar-refractivity contribution < 1.29 is 64.6 Å². The monoisotopic (exact) mass is 578 g/mol. The summed E-state index contributed by atoms with van der Waals surface area (Å²) in [7, 11) is 0. The second-order valence-corrected chi connectivity index (χ2v) is 10.1. The molecule has 3 aromatic rings. The molecule has 0 saturated carbocycles. The molecule has 222 valence electrons. The first-order valence-corrected chi connectivity index (χ1v) is 12.7. The summed E-state index contributed by atoms with van der Waals surface area (Å²) in [6.07, 6.45) is -16.0. The Morgan fingerprint density at radius 1 is 0.854 bits per heavy atom. The van der Waals surface area contributed by atoms with E-state index in [2.05, 4.69) is 0 Å². The molecular formula is C27H30O14. The first-order chi connectivity index (χ1) is 19.4. The van der Waals surface area contributed by atoms with Crippen LogP contribution in [0, 0.1) is 0 Å². The van der Waals surface area contributed by atoms with Gasteiger partial charge in [-0.2, -0.15) is 0 Å². The summed E-state index contributed by atoms with van der Waals surface area (Å²) in [6, 6.07) is 7.85. The van der Waals surface area contributed by atoms with E-state index in [0.717, 1.165) is 12.1 Å². The quantitative estimate of drug-likeness (QED) is 0.175. The predicted molar refractivity (Wildman–Crippen MR) is 137 cm³/mol. The minimum atomic E-state index is -1.89. The maximum atomic E-state index is 13.1. The van der Waals surface area contributed by atoms with Crippen molar-refractivity contribution in [3.63, 3.8) is 0 Å². The van der Waals surface area contributed by atoms with Gasteiger partial charge in [0, 0.05) is 17.7 Å². The molecule has 0 radical (unpaired) electrons. The molecule has 2 aromatic carbocycles. The first kappa shape index (κ1) is 29.2. The Bertz CT molecular complexity index is 1460. The Hall–Kier alpha value is -3.31. The largest absolute Gasteiger partial charge is 0.508 e. The fourth-order valence-corrected chi connectivity index (χ4v) is 5.12. The van der Waals surface area contributed by atoms with Gasteiger partial charge in [-0.1, -0.05) is 0 Å². The van der Waals surface area contributed by atoms with E-state index in [-0.39, 0.29) is 22.5 Å². The van der Waals surface area contributed by atoms with Crippen LogP contribution in [0.2, 0.25) is 0 Å². The lowest BCUT2D eigenvalue weighted by molar-refractivity contribution is -0.338. The Morgan fingerprint density at radius 2 is 1.54 bits per heavy atom. The summed E-state index contributed by atoms with van der Waals surface area (Å²) in [5.74, 6) is -1.40. The fourth-order valence-electron chi connectivity index (χ4n) is 5.12. The Morgan fingerprint density at radius 3 is 2.20 bits per heavy atom. The average Bonchev–Trinajstić information content (AvgIpc) is 2.93. The first-order valence-electron chi connectivity index (χ1n) is 12.7. The van der Waals surface area contributed by atoms with Crippen LogP contribution >= 0.6 is 0 Å². The van der Waals surface area contributed by atoms with Crippen molar-refractivity contribution in [1.29, 1.82) is 0 Å². The van der Waals surface area contributed by atoms with E-state index in [1.807, 2.05) is 0 Å². The molecule has 2 aliphatic heterocycles. The lowest BCUT2D eigenvalue weighted by Gasteiger charge is -2.46. The molecule has 0 amide bonds. The van der Waals surface area contributed by atoms with Gasteiger partial charge in [-0.25, -0.2) is 0 Å². The predicted octanol–water partition coefficient (Wildman–Crippen LogP) is -1.06. The molecule has 2 saturated heterocycles. The number of fused-ring (bicyclic) bond motifs is 1. The number of hydrogen-bond donors (Lipinski definition) is 9. The van der Waals surface area contributed by atoms with Crippen LogP contribution < -0.4 is 5.43 Å². The lowest BCUT2D eigenvalue weighted by Crippen LogP contribution is -2.62. The van der Waals surface area contributed by atoms with Gasteiger partial charge in [0.15, 0.2) is 11.7 Å². The van der Waals surface area contributed by atoms with Crippen molar-refractivity contribution in [3.05, 3.63) is 52.2 Å². The Labute approximate surface area is 231 Å². The van der Waals surface area contributed by atoms with Crippen LogP contribution in [-0.2, 0) is 14.2 Å². The van der Waals surface area contributed by atoms with Crippen molar-refractivity contribution in [1.82, 2.24) is 0 Å². The zero-order chi connectivity index (χ0) is 29.7. The molecule has 10 unspecified atom stereocenters. The summed E-state index contributed by atoms with van der Waals surface area (Å²) in [6.45, 7) is 0.597. The molecular weight excluding hydrogens is 548 g/mol. The molecule has 0 bridgehead atoms. The highest BCUT2D eigenvalue weighted by Gasteiger charge is 2.51. The second-order valence-electron chi connectivity index (χ2n) is 10.1. The molecule has 5 rings (SSSR count). The number of aromatic hydroxyl groups is 3. The van der Waals surface area contributed by atoms with Gasteiger partial charge in [-0.15, -0.1) is 0 Å². The van der Waals surface area contributed by atoms with Gasteiger partial charge in [0.25, 0.3) is 0 Å². The number of ether oxygens (including phenoxy) is 3. The third-order valence-electron chi connectivity index (χ3n) is 7.41. The van der Waals surface area contributed by atoms with E-state index in [9.17, 15) is 50.8 Å². The molecule has 0 spiro atoms.